The first kappa shape index (κ1) is 8.55. The van der Waals surface area contributed by atoms with Gasteiger partial charge in [-0.1, -0.05) is 0 Å². The maximum Gasteiger partial charge on any atom is 0.170 e. The predicted octanol–water partition coefficient (Wildman–Crippen LogP) is -0.604. The third kappa shape index (κ3) is 1.41. The minimum absolute atomic E-state index is 0.416. The molecule has 0 N–H and O–H groups in total. The molecule has 0 bridgehead atoms. The second kappa shape index (κ2) is 2.73. The van der Waals surface area contributed by atoms with Crippen LogP contribution in [-0.4, -0.2) is 36.5 Å². The second-order valence-corrected chi connectivity index (χ2v) is 5.30. The molecule has 1 radical (unpaired) electrons. The van der Waals surface area contributed by atoms with Crippen molar-refractivity contribution in [2.24, 2.45) is 0 Å². The van der Waals surface area contributed by atoms with Crippen LogP contribution in [-0.2, 0) is 9.84 Å². The van der Waals surface area contributed by atoms with E-state index in [0.29, 0.717) is 6.42 Å². The fraction of sp³-hybridized carbons (Fsp3) is 0.571. The Bertz CT molecular complexity index is 384. The first-order chi connectivity index (χ1) is 6.09. The molecular weight excluding hydrogens is 190 g/mol. The summed E-state index contributed by atoms with van der Waals surface area (Å²) < 4.78 is 22.5. The smallest absolute Gasteiger partial charge is 0.170 e. The predicted molar refractivity (Wildman–Crippen MR) is 47.4 cm³/mol. The highest BCUT2D eigenvalue weighted by atomic mass is 32.2. The van der Waals surface area contributed by atoms with Crippen LogP contribution in [0.5, 0.6) is 0 Å². The first-order valence-electron chi connectivity index (χ1n) is 3.96. The zero-order valence-corrected chi connectivity index (χ0v) is 8.03. The highest BCUT2D eigenvalue weighted by Crippen LogP contribution is 2.19. The summed E-state index contributed by atoms with van der Waals surface area (Å²) in [7, 11) is -2.99. The molecule has 0 saturated carbocycles. The van der Waals surface area contributed by atoms with Crippen LogP contribution in [0.15, 0.2) is 12.3 Å². The van der Waals surface area contributed by atoms with Crippen LogP contribution in [0.1, 0.15) is 6.42 Å². The highest BCUT2D eigenvalue weighted by molar-refractivity contribution is 7.91. The number of hydrogen-bond acceptors (Lipinski definition) is 4. The van der Waals surface area contributed by atoms with Crippen LogP contribution >= 0.6 is 0 Å². The van der Waals surface area contributed by atoms with Crippen molar-refractivity contribution in [3.63, 3.8) is 0 Å². The minimum atomic E-state index is -2.99. The molecule has 1 saturated heterocycles. The SMILES string of the molecule is CS(=O)(=O)C1CCN1n1cc[c]n1. The quantitative estimate of drug-likeness (QED) is 0.639. The zero-order chi connectivity index (χ0) is 9.47. The van der Waals surface area contributed by atoms with Gasteiger partial charge in [-0.15, -0.1) is 0 Å². The van der Waals surface area contributed by atoms with Crippen LogP contribution in [0.2, 0.25) is 0 Å². The summed E-state index contributed by atoms with van der Waals surface area (Å²) in [5, 5.41) is 5.14. The van der Waals surface area contributed by atoms with Crippen LogP contribution in [0.3, 0.4) is 0 Å². The summed E-state index contributed by atoms with van der Waals surface area (Å²) in [6.45, 7) is 0.729. The fourth-order valence-corrected chi connectivity index (χ4v) is 2.57. The molecule has 2 heterocycles. The summed E-state index contributed by atoms with van der Waals surface area (Å²) >= 11 is 0. The van der Waals surface area contributed by atoms with E-state index in [1.165, 1.54) is 11.0 Å². The molecule has 13 heavy (non-hydrogen) atoms. The van der Waals surface area contributed by atoms with Crippen LogP contribution in [0.25, 0.3) is 0 Å². The van der Waals surface area contributed by atoms with Crippen LogP contribution in [0, 0.1) is 6.20 Å². The van der Waals surface area contributed by atoms with Gasteiger partial charge in [0.2, 0.25) is 0 Å². The van der Waals surface area contributed by atoms with Crippen molar-refractivity contribution in [2.75, 3.05) is 17.8 Å². The second-order valence-electron chi connectivity index (χ2n) is 3.10. The molecule has 0 aliphatic carbocycles. The molecule has 0 spiro atoms. The van der Waals surface area contributed by atoms with Gasteiger partial charge >= 0.3 is 0 Å². The van der Waals surface area contributed by atoms with Gasteiger partial charge in [0.1, 0.15) is 11.6 Å². The number of nitrogens with zero attached hydrogens (tertiary/aromatic N) is 3. The molecule has 1 fully saturated rings. The van der Waals surface area contributed by atoms with Gasteiger partial charge in [-0.05, 0) is 6.07 Å². The third-order valence-electron chi connectivity index (χ3n) is 2.14. The molecule has 1 aliphatic rings. The van der Waals surface area contributed by atoms with Crippen LogP contribution < -0.4 is 5.01 Å². The van der Waals surface area contributed by atoms with E-state index in [9.17, 15) is 8.42 Å². The van der Waals surface area contributed by atoms with Crippen molar-refractivity contribution in [2.45, 2.75) is 11.8 Å². The largest absolute Gasteiger partial charge is 0.279 e. The normalized spacial score (nSPS) is 22.8. The van der Waals surface area contributed by atoms with Gasteiger partial charge in [0.25, 0.3) is 0 Å². The minimum Gasteiger partial charge on any atom is -0.279 e. The molecule has 1 atom stereocenters. The average Bonchev–Trinajstić information content (AvgIpc) is 2.32. The van der Waals surface area contributed by atoms with Gasteiger partial charge in [0, 0.05) is 25.4 Å². The maximum absolute atomic E-state index is 11.2. The Balaban J connectivity index is 2.21. The Morgan fingerprint density at radius 3 is 2.77 bits per heavy atom. The lowest BCUT2D eigenvalue weighted by atomic mass is 10.3. The van der Waals surface area contributed by atoms with Crippen molar-refractivity contribution in [3.8, 4) is 0 Å². The molecule has 0 amide bonds. The van der Waals surface area contributed by atoms with E-state index in [1.807, 2.05) is 0 Å². The van der Waals surface area contributed by atoms with Crippen LogP contribution in [0.4, 0.5) is 0 Å². The molecular formula is C7H10N3O2S. The summed E-state index contributed by atoms with van der Waals surface area (Å²) in [6, 6.07) is 1.65. The number of hydrogen-bond donors (Lipinski definition) is 0. The zero-order valence-electron chi connectivity index (χ0n) is 7.21. The van der Waals surface area contributed by atoms with E-state index >= 15 is 0 Å². The maximum atomic E-state index is 11.2. The third-order valence-corrected chi connectivity index (χ3v) is 3.61. The fourth-order valence-electron chi connectivity index (χ4n) is 1.39. The Kier molecular flexibility index (Phi) is 1.80. The van der Waals surface area contributed by atoms with Gasteiger partial charge in [-0.25, -0.2) is 8.42 Å². The van der Waals surface area contributed by atoms with E-state index in [-0.39, 0.29) is 0 Å². The average molecular weight is 200 g/mol. The lowest BCUT2D eigenvalue weighted by molar-refractivity contribution is 0.390. The summed E-state index contributed by atoms with van der Waals surface area (Å²) in [5.41, 5.74) is 0. The molecule has 2 rings (SSSR count). The molecule has 5 nitrogen and oxygen atoms in total. The number of aromatic nitrogens is 2. The Morgan fingerprint density at radius 1 is 1.62 bits per heavy atom. The van der Waals surface area contributed by atoms with Crippen molar-refractivity contribution in [1.29, 1.82) is 0 Å². The summed E-state index contributed by atoms with van der Waals surface area (Å²) in [6.07, 6.45) is 6.25. The molecule has 1 aromatic heterocycles. The summed E-state index contributed by atoms with van der Waals surface area (Å²) in [5.74, 6) is 0. The van der Waals surface area contributed by atoms with Crippen molar-refractivity contribution < 1.29 is 8.42 Å². The van der Waals surface area contributed by atoms with E-state index in [4.69, 9.17) is 0 Å². The number of rotatable bonds is 2. The Morgan fingerprint density at radius 2 is 2.38 bits per heavy atom. The van der Waals surface area contributed by atoms with E-state index < -0.39 is 15.2 Å². The Labute approximate surface area is 76.8 Å². The van der Waals surface area contributed by atoms with Gasteiger partial charge in [-0.3, -0.25) is 5.01 Å². The van der Waals surface area contributed by atoms with Crippen molar-refractivity contribution in [3.05, 3.63) is 18.5 Å². The van der Waals surface area contributed by atoms with Gasteiger partial charge in [0.15, 0.2) is 9.84 Å². The molecule has 0 aromatic carbocycles. The highest BCUT2D eigenvalue weighted by Gasteiger charge is 2.36. The molecule has 6 heteroatoms. The number of sulfone groups is 1. The van der Waals surface area contributed by atoms with E-state index in [2.05, 4.69) is 11.3 Å². The molecule has 1 aromatic rings. The van der Waals surface area contributed by atoms with Crippen molar-refractivity contribution >= 4 is 9.84 Å². The molecule has 1 unspecified atom stereocenters. The molecule has 71 valence electrons. The van der Waals surface area contributed by atoms with Crippen molar-refractivity contribution in [1.82, 2.24) is 9.89 Å². The lowest BCUT2D eigenvalue weighted by Crippen LogP contribution is -2.58. The van der Waals surface area contributed by atoms with Gasteiger partial charge in [0.05, 0.1) is 0 Å². The van der Waals surface area contributed by atoms with Gasteiger partial charge in [-0.2, -0.15) is 9.89 Å². The van der Waals surface area contributed by atoms with E-state index in [0.717, 1.165) is 6.54 Å². The Hall–Kier alpha value is -1.04. The molecule has 1 aliphatic heterocycles. The first-order valence-corrected chi connectivity index (χ1v) is 5.92. The van der Waals surface area contributed by atoms with Gasteiger partial charge < -0.3 is 0 Å². The summed E-state index contributed by atoms with van der Waals surface area (Å²) in [4.78, 5) is 1.52. The monoisotopic (exact) mass is 200 g/mol. The topological polar surface area (TPSA) is 55.2 Å². The standard InChI is InChI=1S/C7H10N3O2S/c1-13(11,12)7-3-6-9(7)10-5-2-4-8-10/h2,5,7H,3,6H2,1H3. The van der Waals surface area contributed by atoms with E-state index in [1.54, 1.807) is 17.3 Å². The lowest BCUT2D eigenvalue weighted by Gasteiger charge is -2.40.